The molecule has 0 saturated carbocycles. The van der Waals surface area contributed by atoms with E-state index in [0.29, 0.717) is 22.7 Å². The Hall–Kier alpha value is -3.65. The minimum absolute atomic E-state index is 0.123. The fraction of sp³-hybridized carbons (Fsp3) is 0.0870. The maximum Gasteiger partial charge on any atom is 0.271 e. The average Bonchev–Trinajstić information content (AvgIpc) is 2.79. The molecule has 0 spiro atoms. The van der Waals surface area contributed by atoms with Crippen LogP contribution in [0.15, 0.2) is 82.4 Å². The molecule has 0 aliphatic carbocycles. The third kappa shape index (κ3) is 6.97. The molecule has 0 fully saturated rings. The van der Waals surface area contributed by atoms with Crippen molar-refractivity contribution in [2.45, 2.75) is 0 Å². The first-order valence-corrected chi connectivity index (χ1v) is 10.1. The number of carbonyl (C=O) groups is 2. The Morgan fingerprint density at radius 1 is 1.00 bits per heavy atom. The van der Waals surface area contributed by atoms with Crippen molar-refractivity contribution in [1.82, 2.24) is 5.43 Å². The van der Waals surface area contributed by atoms with Crippen LogP contribution in [-0.2, 0) is 4.79 Å². The summed E-state index contributed by atoms with van der Waals surface area (Å²) in [6.07, 6.45) is 1.52. The Balaban J connectivity index is 1.45. The van der Waals surface area contributed by atoms with Crippen molar-refractivity contribution in [2.24, 2.45) is 5.10 Å². The number of hydrogen-bond acceptors (Lipinski definition) is 5. The fourth-order valence-corrected chi connectivity index (χ4v) is 2.93. The smallest absolute Gasteiger partial charge is 0.271 e. The summed E-state index contributed by atoms with van der Waals surface area (Å²) in [5.74, 6) is 0.678. The highest BCUT2D eigenvalue weighted by molar-refractivity contribution is 9.10. The van der Waals surface area contributed by atoms with E-state index in [9.17, 15) is 9.59 Å². The van der Waals surface area contributed by atoms with E-state index in [0.717, 1.165) is 10.0 Å². The second-order valence-electron chi connectivity index (χ2n) is 6.34. The molecule has 8 heteroatoms. The number of halogens is 1. The lowest BCUT2D eigenvalue weighted by atomic mass is 10.2. The van der Waals surface area contributed by atoms with E-state index in [1.54, 1.807) is 73.8 Å². The number of anilines is 1. The van der Waals surface area contributed by atoms with Crippen molar-refractivity contribution in [2.75, 3.05) is 19.0 Å². The molecule has 158 valence electrons. The highest BCUT2D eigenvalue weighted by Gasteiger charge is 2.05. The SMILES string of the molecule is COc1ccc(NC(=O)COc2ccc(/C=N\NC(=O)c3cccc(Br)c3)cc2)cc1. The quantitative estimate of drug-likeness (QED) is 0.372. The van der Waals surface area contributed by atoms with Gasteiger partial charge in [0.15, 0.2) is 6.61 Å². The van der Waals surface area contributed by atoms with Crippen molar-refractivity contribution in [1.29, 1.82) is 0 Å². The average molecular weight is 482 g/mol. The monoisotopic (exact) mass is 481 g/mol. The van der Waals surface area contributed by atoms with Gasteiger partial charge < -0.3 is 14.8 Å². The zero-order valence-electron chi connectivity index (χ0n) is 16.7. The number of nitrogens with zero attached hydrogens (tertiary/aromatic N) is 1. The Morgan fingerprint density at radius 2 is 1.71 bits per heavy atom. The van der Waals surface area contributed by atoms with Crippen LogP contribution in [0.1, 0.15) is 15.9 Å². The molecule has 3 aromatic carbocycles. The van der Waals surface area contributed by atoms with E-state index < -0.39 is 0 Å². The zero-order valence-corrected chi connectivity index (χ0v) is 18.3. The Bertz CT molecular complexity index is 1070. The highest BCUT2D eigenvalue weighted by atomic mass is 79.9. The van der Waals surface area contributed by atoms with Crippen LogP contribution in [0, 0.1) is 0 Å². The minimum atomic E-state index is -0.305. The third-order valence-corrected chi connectivity index (χ3v) is 4.58. The van der Waals surface area contributed by atoms with Crippen LogP contribution in [0.4, 0.5) is 5.69 Å². The summed E-state index contributed by atoms with van der Waals surface area (Å²) in [4.78, 5) is 24.1. The molecular formula is C23H20BrN3O4. The van der Waals surface area contributed by atoms with Crippen molar-refractivity contribution in [3.8, 4) is 11.5 Å². The number of hydrazone groups is 1. The Labute approximate surface area is 188 Å². The molecule has 0 radical (unpaired) electrons. The van der Waals surface area contributed by atoms with Crippen LogP contribution >= 0.6 is 15.9 Å². The summed E-state index contributed by atoms with van der Waals surface area (Å²) in [5.41, 5.74) is 4.41. The summed E-state index contributed by atoms with van der Waals surface area (Å²) < 4.78 is 11.4. The highest BCUT2D eigenvalue weighted by Crippen LogP contribution is 2.15. The van der Waals surface area contributed by atoms with Crippen molar-refractivity contribution in [3.05, 3.63) is 88.4 Å². The van der Waals surface area contributed by atoms with Gasteiger partial charge in [0.05, 0.1) is 13.3 Å². The number of ether oxygens (including phenoxy) is 2. The predicted molar refractivity (Wildman–Crippen MR) is 123 cm³/mol. The molecule has 3 rings (SSSR count). The first-order valence-electron chi connectivity index (χ1n) is 9.29. The van der Waals surface area contributed by atoms with Crippen LogP contribution in [0.25, 0.3) is 0 Å². The number of hydrogen-bond donors (Lipinski definition) is 2. The lowest BCUT2D eigenvalue weighted by Crippen LogP contribution is -2.20. The molecule has 31 heavy (non-hydrogen) atoms. The Kier molecular flexibility index (Phi) is 7.78. The number of methoxy groups -OCH3 is 1. The van der Waals surface area contributed by atoms with E-state index in [2.05, 4.69) is 31.8 Å². The van der Waals surface area contributed by atoms with Gasteiger partial charge >= 0.3 is 0 Å². The standard InChI is InChI=1S/C23H20BrN3O4/c1-30-20-11-7-19(8-12-20)26-22(28)15-31-21-9-5-16(6-10-21)14-25-27-23(29)17-3-2-4-18(24)13-17/h2-14H,15H2,1H3,(H,26,28)(H,27,29)/b25-14-. The van der Waals surface area contributed by atoms with E-state index in [-0.39, 0.29) is 18.4 Å². The van der Waals surface area contributed by atoms with Crippen LogP contribution in [0.3, 0.4) is 0 Å². The van der Waals surface area contributed by atoms with Gasteiger partial charge in [-0.25, -0.2) is 5.43 Å². The van der Waals surface area contributed by atoms with Crippen molar-refractivity contribution >= 4 is 39.6 Å². The third-order valence-electron chi connectivity index (χ3n) is 4.09. The molecule has 0 saturated heterocycles. The van der Waals surface area contributed by atoms with E-state index in [1.807, 2.05) is 6.07 Å². The van der Waals surface area contributed by atoms with E-state index in [4.69, 9.17) is 9.47 Å². The molecule has 0 aliphatic rings. The minimum Gasteiger partial charge on any atom is -0.497 e. The molecule has 2 N–H and O–H groups in total. The van der Waals surface area contributed by atoms with Gasteiger partial charge in [-0.1, -0.05) is 22.0 Å². The number of nitrogens with one attached hydrogen (secondary N) is 2. The Morgan fingerprint density at radius 3 is 2.39 bits per heavy atom. The topological polar surface area (TPSA) is 89.0 Å². The van der Waals surface area contributed by atoms with Crippen molar-refractivity contribution in [3.63, 3.8) is 0 Å². The molecule has 0 unspecified atom stereocenters. The lowest BCUT2D eigenvalue weighted by molar-refractivity contribution is -0.118. The molecule has 0 bridgehead atoms. The van der Waals surface area contributed by atoms with Crippen LogP contribution < -0.4 is 20.2 Å². The lowest BCUT2D eigenvalue weighted by Gasteiger charge is -2.08. The first kappa shape index (κ1) is 22.0. The number of amides is 2. The second-order valence-corrected chi connectivity index (χ2v) is 7.26. The fourth-order valence-electron chi connectivity index (χ4n) is 2.53. The summed E-state index contributed by atoms with van der Waals surface area (Å²) in [5, 5.41) is 6.70. The molecule has 7 nitrogen and oxygen atoms in total. The number of benzene rings is 3. The maximum atomic E-state index is 12.0. The van der Waals surface area contributed by atoms with Gasteiger partial charge in [0.2, 0.25) is 0 Å². The van der Waals surface area contributed by atoms with E-state index in [1.165, 1.54) is 6.21 Å². The van der Waals surface area contributed by atoms with Crippen LogP contribution in [0.5, 0.6) is 11.5 Å². The summed E-state index contributed by atoms with van der Waals surface area (Å²) in [7, 11) is 1.58. The largest absolute Gasteiger partial charge is 0.497 e. The van der Waals surface area contributed by atoms with Crippen LogP contribution in [0.2, 0.25) is 0 Å². The van der Waals surface area contributed by atoms with Crippen LogP contribution in [-0.4, -0.2) is 31.7 Å². The van der Waals surface area contributed by atoms with Gasteiger partial charge in [0.25, 0.3) is 11.8 Å². The van der Waals surface area contributed by atoms with Gasteiger partial charge in [-0.3, -0.25) is 9.59 Å². The van der Waals surface area contributed by atoms with Gasteiger partial charge in [-0.15, -0.1) is 0 Å². The molecule has 2 amide bonds. The molecular weight excluding hydrogens is 462 g/mol. The van der Waals surface area contributed by atoms with Gasteiger partial charge in [-0.05, 0) is 72.3 Å². The molecule has 3 aromatic rings. The number of rotatable bonds is 8. The summed E-state index contributed by atoms with van der Waals surface area (Å²) >= 11 is 3.33. The number of carbonyl (C=O) groups excluding carboxylic acids is 2. The normalized spacial score (nSPS) is 10.5. The second kappa shape index (κ2) is 10.9. The molecule has 0 aliphatic heterocycles. The first-order chi connectivity index (χ1) is 15.0. The van der Waals surface area contributed by atoms with Crippen molar-refractivity contribution < 1.29 is 19.1 Å². The molecule has 0 aromatic heterocycles. The summed E-state index contributed by atoms with van der Waals surface area (Å²) in [6, 6.07) is 21.0. The predicted octanol–water partition coefficient (Wildman–Crippen LogP) is 4.24. The van der Waals surface area contributed by atoms with Gasteiger partial charge in [0.1, 0.15) is 11.5 Å². The molecule has 0 heterocycles. The van der Waals surface area contributed by atoms with E-state index >= 15 is 0 Å². The molecule has 0 atom stereocenters. The van der Waals surface area contributed by atoms with Gasteiger partial charge in [-0.2, -0.15) is 5.10 Å². The van der Waals surface area contributed by atoms with Gasteiger partial charge in [0, 0.05) is 15.7 Å². The maximum absolute atomic E-state index is 12.0. The summed E-state index contributed by atoms with van der Waals surface area (Å²) in [6.45, 7) is -0.123. The zero-order chi connectivity index (χ0) is 22.1.